The van der Waals surface area contributed by atoms with Crippen molar-refractivity contribution in [1.82, 2.24) is 5.32 Å². The highest BCUT2D eigenvalue weighted by atomic mass is 16.5. The van der Waals surface area contributed by atoms with Gasteiger partial charge in [0.2, 0.25) is 5.91 Å². The van der Waals surface area contributed by atoms with Crippen LogP contribution < -0.4 is 10.1 Å². The third-order valence-corrected chi connectivity index (χ3v) is 3.55. The summed E-state index contributed by atoms with van der Waals surface area (Å²) in [7, 11) is 0. The number of ether oxygens (including phenoxy) is 1. The van der Waals surface area contributed by atoms with Gasteiger partial charge < -0.3 is 25.4 Å². The van der Waals surface area contributed by atoms with Gasteiger partial charge in [0.15, 0.2) is 0 Å². The van der Waals surface area contributed by atoms with Gasteiger partial charge >= 0.3 is 0 Å². The number of aliphatic hydroxyl groups is 3. The summed E-state index contributed by atoms with van der Waals surface area (Å²) in [6.45, 7) is -1.36. The van der Waals surface area contributed by atoms with E-state index in [0.29, 0.717) is 6.42 Å². The normalized spacial score (nSPS) is 18.1. The fraction of sp³-hybridized carbons (Fsp3) is 0.500. The molecule has 1 amide bonds. The maximum Gasteiger partial charge on any atom is 0.227 e. The summed E-state index contributed by atoms with van der Waals surface area (Å²) in [5.74, 6) is 0.0138. The van der Waals surface area contributed by atoms with Crippen LogP contribution in [0.5, 0.6) is 5.75 Å². The molecule has 1 atom stereocenters. The van der Waals surface area contributed by atoms with Crippen molar-refractivity contribution >= 4 is 5.91 Å². The summed E-state index contributed by atoms with van der Waals surface area (Å²) in [5.41, 5.74) is -0.449. The van der Waals surface area contributed by atoms with Gasteiger partial charge in [-0.05, 0) is 18.1 Å². The number of carbonyl (C=O) groups excluding carboxylic acids is 1. The monoisotopic (exact) mass is 281 g/mol. The zero-order chi connectivity index (χ0) is 14.6. The number of para-hydroxylation sites is 1. The Morgan fingerprint density at radius 2 is 1.90 bits per heavy atom. The SMILES string of the molecule is O=C(NC(CO)(CO)CO)C1COc2ccccc2C1. The first kappa shape index (κ1) is 14.8. The number of aliphatic hydroxyl groups excluding tert-OH is 3. The number of hydrogen-bond donors (Lipinski definition) is 4. The van der Waals surface area contributed by atoms with Crippen molar-refractivity contribution in [1.29, 1.82) is 0 Å². The van der Waals surface area contributed by atoms with Gasteiger partial charge in [0.25, 0.3) is 0 Å². The van der Waals surface area contributed by atoms with Crippen LogP contribution in [0.3, 0.4) is 0 Å². The maximum atomic E-state index is 12.2. The molecule has 0 radical (unpaired) electrons. The Morgan fingerprint density at radius 3 is 2.55 bits per heavy atom. The highest BCUT2D eigenvalue weighted by Gasteiger charge is 2.34. The molecule has 0 aromatic heterocycles. The van der Waals surface area contributed by atoms with E-state index in [2.05, 4.69) is 5.32 Å². The molecule has 6 nitrogen and oxygen atoms in total. The van der Waals surface area contributed by atoms with Gasteiger partial charge in [-0.3, -0.25) is 4.79 Å². The zero-order valence-electron chi connectivity index (χ0n) is 11.1. The van der Waals surface area contributed by atoms with E-state index in [1.165, 1.54) is 0 Å². The number of fused-ring (bicyclic) bond motifs is 1. The van der Waals surface area contributed by atoms with Gasteiger partial charge in [0.05, 0.1) is 25.7 Å². The predicted molar refractivity (Wildman–Crippen MR) is 71.3 cm³/mol. The molecule has 1 aromatic carbocycles. The fourth-order valence-electron chi connectivity index (χ4n) is 2.13. The molecule has 6 heteroatoms. The van der Waals surface area contributed by atoms with Crippen molar-refractivity contribution in [2.24, 2.45) is 5.92 Å². The molecule has 0 saturated carbocycles. The van der Waals surface area contributed by atoms with E-state index in [1.54, 1.807) is 0 Å². The summed E-state index contributed by atoms with van der Waals surface area (Å²) < 4.78 is 5.52. The Bertz CT molecular complexity index is 464. The summed E-state index contributed by atoms with van der Waals surface area (Å²) in [6, 6.07) is 7.49. The van der Waals surface area contributed by atoms with Crippen LogP contribution in [-0.2, 0) is 11.2 Å². The second-order valence-electron chi connectivity index (χ2n) is 5.06. The van der Waals surface area contributed by atoms with Gasteiger partial charge in [-0.2, -0.15) is 0 Å². The molecule has 0 aliphatic carbocycles. The summed E-state index contributed by atoms with van der Waals surface area (Å²) in [5, 5.41) is 30.2. The van der Waals surface area contributed by atoms with Crippen LogP contribution in [-0.4, -0.2) is 53.2 Å². The van der Waals surface area contributed by atoms with Crippen LogP contribution in [0.2, 0.25) is 0 Å². The third kappa shape index (κ3) is 2.92. The molecule has 2 rings (SSSR count). The first-order valence-electron chi connectivity index (χ1n) is 6.49. The van der Waals surface area contributed by atoms with E-state index in [0.717, 1.165) is 11.3 Å². The molecule has 1 aromatic rings. The lowest BCUT2D eigenvalue weighted by Gasteiger charge is -2.32. The van der Waals surface area contributed by atoms with Gasteiger partial charge in [0.1, 0.15) is 17.9 Å². The van der Waals surface area contributed by atoms with E-state index < -0.39 is 31.3 Å². The predicted octanol–water partition coefficient (Wildman–Crippen LogP) is -0.930. The molecule has 1 unspecified atom stereocenters. The first-order chi connectivity index (χ1) is 9.64. The molecule has 0 saturated heterocycles. The molecule has 0 spiro atoms. The van der Waals surface area contributed by atoms with E-state index in [4.69, 9.17) is 4.74 Å². The fourth-order valence-corrected chi connectivity index (χ4v) is 2.13. The molecule has 1 aliphatic heterocycles. The Labute approximate surface area is 117 Å². The lowest BCUT2D eigenvalue weighted by atomic mass is 9.94. The summed E-state index contributed by atoms with van der Waals surface area (Å²) in [6.07, 6.45) is 0.528. The van der Waals surface area contributed by atoms with Gasteiger partial charge in [-0.15, -0.1) is 0 Å². The minimum absolute atomic E-state index is 0.237. The number of nitrogens with one attached hydrogen (secondary N) is 1. The number of benzene rings is 1. The van der Waals surface area contributed by atoms with Gasteiger partial charge in [0, 0.05) is 0 Å². The van der Waals surface area contributed by atoms with Crippen molar-refractivity contribution in [2.45, 2.75) is 12.0 Å². The van der Waals surface area contributed by atoms with Crippen LogP contribution in [0.25, 0.3) is 0 Å². The zero-order valence-corrected chi connectivity index (χ0v) is 11.1. The quantitative estimate of drug-likeness (QED) is 0.559. The van der Waals surface area contributed by atoms with Crippen molar-refractivity contribution in [3.05, 3.63) is 29.8 Å². The highest BCUT2D eigenvalue weighted by Crippen LogP contribution is 2.27. The second-order valence-corrected chi connectivity index (χ2v) is 5.06. The lowest BCUT2D eigenvalue weighted by Crippen LogP contribution is -2.59. The Hall–Kier alpha value is -1.63. The molecule has 0 fully saturated rings. The standard InChI is InChI=1S/C14H19NO5/c16-7-14(8-17,9-18)15-13(19)11-5-10-3-1-2-4-12(10)20-6-11/h1-4,11,16-18H,5-9H2,(H,15,19). The molecule has 110 valence electrons. The first-order valence-corrected chi connectivity index (χ1v) is 6.49. The van der Waals surface area contributed by atoms with Crippen molar-refractivity contribution in [2.75, 3.05) is 26.4 Å². The van der Waals surface area contributed by atoms with Crippen molar-refractivity contribution in [3.8, 4) is 5.75 Å². The van der Waals surface area contributed by atoms with Crippen LogP contribution in [0.15, 0.2) is 24.3 Å². The largest absolute Gasteiger partial charge is 0.492 e. The van der Waals surface area contributed by atoms with Crippen LogP contribution in [0, 0.1) is 5.92 Å². The molecule has 1 heterocycles. The smallest absolute Gasteiger partial charge is 0.227 e. The Balaban J connectivity index is 2.05. The molecular weight excluding hydrogens is 262 g/mol. The number of carbonyl (C=O) groups is 1. The van der Waals surface area contributed by atoms with Gasteiger partial charge in [-0.1, -0.05) is 18.2 Å². The van der Waals surface area contributed by atoms with Gasteiger partial charge in [-0.25, -0.2) is 0 Å². The van der Waals surface area contributed by atoms with Crippen LogP contribution in [0.4, 0.5) is 0 Å². The summed E-state index contributed by atoms with van der Waals surface area (Å²) >= 11 is 0. The van der Waals surface area contributed by atoms with Crippen LogP contribution >= 0.6 is 0 Å². The topological polar surface area (TPSA) is 99.0 Å². The molecule has 1 aliphatic rings. The van der Waals surface area contributed by atoms with Crippen LogP contribution in [0.1, 0.15) is 5.56 Å². The Kier molecular flexibility index (Phi) is 4.59. The van der Waals surface area contributed by atoms with E-state index in [-0.39, 0.29) is 12.5 Å². The number of hydrogen-bond acceptors (Lipinski definition) is 5. The van der Waals surface area contributed by atoms with Crippen molar-refractivity contribution < 1.29 is 24.9 Å². The minimum atomic E-state index is -1.39. The maximum absolute atomic E-state index is 12.2. The second kappa shape index (κ2) is 6.21. The van der Waals surface area contributed by atoms with E-state index in [1.807, 2.05) is 24.3 Å². The highest BCUT2D eigenvalue weighted by molar-refractivity contribution is 5.80. The average molecular weight is 281 g/mol. The molecule has 20 heavy (non-hydrogen) atoms. The van der Waals surface area contributed by atoms with E-state index in [9.17, 15) is 20.1 Å². The Morgan fingerprint density at radius 1 is 1.25 bits per heavy atom. The number of amides is 1. The molecule has 0 bridgehead atoms. The minimum Gasteiger partial charge on any atom is -0.492 e. The lowest BCUT2D eigenvalue weighted by molar-refractivity contribution is -0.130. The molecule has 4 N–H and O–H groups in total. The average Bonchev–Trinajstić information content (AvgIpc) is 2.52. The summed E-state index contributed by atoms with van der Waals surface area (Å²) in [4.78, 5) is 12.2. The molecular formula is C14H19NO5. The van der Waals surface area contributed by atoms with Crippen molar-refractivity contribution in [3.63, 3.8) is 0 Å². The third-order valence-electron chi connectivity index (χ3n) is 3.55. The van der Waals surface area contributed by atoms with E-state index >= 15 is 0 Å². The number of rotatable bonds is 5.